The number of nitrogens with one attached hydrogen (secondary N) is 3. The van der Waals surface area contributed by atoms with Gasteiger partial charge in [0.05, 0.1) is 24.9 Å². The number of anilines is 1. The normalized spacial score (nSPS) is 9.59. The van der Waals surface area contributed by atoms with Crippen molar-refractivity contribution in [3.8, 4) is 0 Å². The molecule has 8 nitrogen and oxygen atoms in total. The van der Waals surface area contributed by atoms with Crippen molar-refractivity contribution >= 4 is 41.0 Å². The van der Waals surface area contributed by atoms with Crippen molar-refractivity contribution in [1.29, 1.82) is 0 Å². The van der Waals surface area contributed by atoms with Crippen LogP contribution in [0.3, 0.4) is 0 Å². The maximum absolute atomic E-state index is 12.1. The van der Waals surface area contributed by atoms with Gasteiger partial charge in [-0.05, 0) is 18.2 Å². The average Bonchev–Trinajstić information content (AvgIpc) is 2.52. The van der Waals surface area contributed by atoms with Crippen LogP contribution < -0.4 is 16.0 Å². The SMILES string of the molecule is CNC(=O)C(=O)CNC(=O)c1cc(Cl)ccc1NC(=O)OC. The number of benzene rings is 1. The lowest BCUT2D eigenvalue weighted by molar-refractivity contribution is -0.136. The Bertz CT molecular complexity index is 618. The Balaban J connectivity index is 2.87. The number of halogens is 1. The molecule has 1 rings (SSSR count). The van der Waals surface area contributed by atoms with Crippen LogP contribution in [0.2, 0.25) is 5.02 Å². The zero-order chi connectivity index (χ0) is 16.7. The highest BCUT2D eigenvalue weighted by Crippen LogP contribution is 2.20. The summed E-state index contributed by atoms with van der Waals surface area (Å²) < 4.78 is 4.44. The van der Waals surface area contributed by atoms with Crippen molar-refractivity contribution in [2.75, 3.05) is 26.0 Å². The summed E-state index contributed by atoms with van der Waals surface area (Å²) in [7, 11) is 2.48. The third-order valence-electron chi connectivity index (χ3n) is 2.54. The lowest BCUT2D eigenvalue weighted by atomic mass is 10.1. The van der Waals surface area contributed by atoms with Gasteiger partial charge in [-0.15, -0.1) is 0 Å². The predicted molar refractivity (Wildman–Crippen MR) is 78.9 cm³/mol. The van der Waals surface area contributed by atoms with Gasteiger partial charge in [-0.1, -0.05) is 11.6 Å². The summed E-state index contributed by atoms with van der Waals surface area (Å²) in [6.45, 7) is -0.483. The van der Waals surface area contributed by atoms with Crippen molar-refractivity contribution in [2.24, 2.45) is 0 Å². The summed E-state index contributed by atoms with van der Waals surface area (Å²) in [5.41, 5.74) is 0.184. The second-order valence-corrected chi connectivity index (χ2v) is 4.43. The first-order chi connectivity index (χ1) is 10.4. The minimum Gasteiger partial charge on any atom is -0.453 e. The van der Waals surface area contributed by atoms with Gasteiger partial charge in [0.15, 0.2) is 0 Å². The molecular weight excluding hydrogens is 314 g/mol. The molecule has 1 aromatic carbocycles. The largest absolute Gasteiger partial charge is 0.453 e. The zero-order valence-corrected chi connectivity index (χ0v) is 12.6. The summed E-state index contributed by atoms with van der Waals surface area (Å²) in [6, 6.07) is 4.20. The van der Waals surface area contributed by atoms with E-state index in [9.17, 15) is 19.2 Å². The Labute approximate surface area is 131 Å². The van der Waals surface area contributed by atoms with Crippen LogP contribution in [0.25, 0.3) is 0 Å². The molecule has 0 saturated heterocycles. The highest BCUT2D eigenvalue weighted by atomic mass is 35.5. The second-order valence-electron chi connectivity index (χ2n) is 3.99. The number of carbonyl (C=O) groups excluding carboxylic acids is 4. The molecule has 0 aliphatic carbocycles. The van der Waals surface area contributed by atoms with Crippen molar-refractivity contribution in [3.63, 3.8) is 0 Å². The van der Waals surface area contributed by atoms with E-state index in [4.69, 9.17) is 11.6 Å². The molecule has 22 heavy (non-hydrogen) atoms. The number of hydrogen-bond donors (Lipinski definition) is 3. The summed E-state index contributed by atoms with van der Waals surface area (Å²) in [4.78, 5) is 45.7. The lowest BCUT2D eigenvalue weighted by Crippen LogP contribution is -2.38. The minimum atomic E-state index is -0.820. The van der Waals surface area contributed by atoms with Crippen molar-refractivity contribution in [2.45, 2.75) is 0 Å². The Kier molecular flexibility index (Phi) is 6.33. The summed E-state index contributed by atoms with van der Waals surface area (Å²) in [6.07, 6.45) is -0.766. The predicted octanol–water partition coefficient (Wildman–Crippen LogP) is 0.563. The van der Waals surface area contributed by atoms with Crippen LogP contribution in [0.5, 0.6) is 0 Å². The monoisotopic (exact) mass is 327 g/mol. The maximum Gasteiger partial charge on any atom is 0.411 e. The first-order valence-electron chi connectivity index (χ1n) is 6.06. The number of methoxy groups -OCH3 is 1. The molecule has 1 aromatic rings. The highest BCUT2D eigenvalue weighted by Gasteiger charge is 2.17. The van der Waals surface area contributed by atoms with E-state index < -0.39 is 30.2 Å². The Morgan fingerprint density at radius 2 is 1.91 bits per heavy atom. The number of hydrogen-bond acceptors (Lipinski definition) is 5. The van der Waals surface area contributed by atoms with Gasteiger partial charge < -0.3 is 15.4 Å². The number of amides is 3. The van der Waals surface area contributed by atoms with Gasteiger partial charge in [0.2, 0.25) is 5.78 Å². The van der Waals surface area contributed by atoms with Gasteiger partial charge in [0, 0.05) is 12.1 Å². The van der Waals surface area contributed by atoms with Crippen LogP contribution in [-0.4, -0.2) is 44.4 Å². The number of ether oxygens (including phenoxy) is 1. The van der Waals surface area contributed by atoms with Gasteiger partial charge in [0.1, 0.15) is 0 Å². The van der Waals surface area contributed by atoms with E-state index in [0.717, 1.165) is 0 Å². The van der Waals surface area contributed by atoms with Crippen molar-refractivity contribution < 1.29 is 23.9 Å². The van der Waals surface area contributed by atoms with Crippen LogP contribution >= 0.6 is 11.6 Å². The molecule has 0 aliphatic heterocycles. The molecule has 0 radical (unpaired) electrons. The Hall–Kier alpha value is -2.61. The number of ketones is 1. The molecule has 118 valence electrons. The standard InChI is InChI=1S/C13H14ClN3O5/c1-15-12(20)10(18)6-16-11(19)8-5-7(14)3-4-9(8)17-13(21)22-2/h3-5H,6H2,1-2H3,(H,15,20)(H,16,19)(H,17,21). The van der Waals surface area contributed by atoms with E-state index in [0.29, 0.717) is 0 Å². The summed E-state index contributed by atoms with van der Waals surface area (Å²) >= 11 is 5.81. The molecule has 0 aromatic heterocycles. The van der Waals surface area contributed by atoms with Crippen LogP contribution in [0.4, 0.5) is 10.5 Å². The number of carbonyl (C=O) groups is 4. The third kappa shape index (κ3) is 4.74. The molecule has 0 unspecified atom stereocenters. The van der Waals surface area contributed by atoms with Crippen LogP contribution in [0.15, 0.2) is 18.2 Å². The maximum atomic E-state index is 12.1. The van der Waals surface area contributed by atoms with Crippen LogP contribution in [-0.2, 0) is 14.3 Å². The molecule has 3 N–H and O–H groups in total. The summed E-state index contributed by atoms with van der Waals surface area (Å²) in [5.74, 6) is -2.30. The quantitative estimate of drug-likeness (QED) is 0.684. The van der Waals surface area contributed by atoms with Crippen molar-refractivity contribution in [1.82, 2.24) is 10.6 Å². The fourth-order valence-electron chi connectivity index (χ4n) is 1.45. The fraction of sp³-hybridized carbons (Fsp3) is 0.231. The zero-order valence-electron chi connectivity index (χ0n) is 11.9. The third-order valence-corrected chi connectivity index (χ3v) is 2.77. The first kappa shape index (κ1) is 17.4. The number of rotatable bonds is 5. The van der Waals surface area contributed by atoms with E-state index in [-0.39, 0.29) is 16.3 Å². The Morgan fingerprint density at radius 3 is 2.50 bits per heavy atom. The molecular formula is C13H14ClN3O5. The van der Waals surface area contributed by atoms with Gasteiger partial charge in [-0.3, -0.25) is 19.7 Å². The average molecular weight is 328 g/mol. The van der Waals surface area contributed by atoms with Gasteiger partial charge in [0.25, 0.3) is 11.8 Å². The summed E-state index contributed by atoms with van der Waals surface area (Å²) in [5, 5.41) is 7.03. The van der Waals surface area contributed by atoms with Crippen molar-refractivity contribution in [3.05, 3.63) is 28.8 Å². The molecule has 3 amide bonds. The van der Waals surface area contributed by atoms with Gasteiger partial charge >= 0.3 is 6.09 Å². The minimum absolute atomic E-state index is 0.0302. The number of likely N-dealkylation sites (N-methyl/N-ethyl adjacent to an activating group) is 1. The highest BCUT2D eigenvalue weighted by molar-refractivity contribution is 6.37. The van der Waals surface area contributed by atoms with E-state index in [1.807, 2.05) is 0 Å². The lowest BCUT2D eigenvalue weighted by Gasteiger charge is -2.11. The first-order valence-corrected chi connectivity index (χ1v) is 6.44. The molecule has 0 fully saturated rings. The van der Waals surface area contributed by atoms with Crippen LogP contribution in [0.1, 0.15) is 10.4 Å². The molecule has 0 aliphatic rings. The van der Waals surface area contributed by atoms with Crippen LogP contribution in [0, 0.1) is 0 Å². The number of Topliss-reactive ketones (excluding diaryl/α,β-unsaturated/α-hetero) is 1. The smallest absolute Gasteiger partial charge is 0.411 e. The Morgan fingerprint density at radius 1 is 1.23 bits per heavy atom. The van der Waals surface area contributed by atoms with Gasteiger partial charge in [-0.2, -0.15) is 0 Å². The molecule has 0 bridgehead atoms. The van der Waals surface area contributed by atoms with E-state index in [1.54, 1.807) is 0 Å². The topological polar surface area (TPSA) is 114 Å². The molecule has 0 atom stereocenters. The van der Waals surface area contributed by atoms with E-state index >= 15 is 0 Å². The second kappa shape index (κ2) is 7.99. The van der Waals surface area contributed by atoms with E-state index in [1.165, 1.54) is 32.4 Å². The molecule has 0 heterocycles. The molecule has 9 heteroatoms. The fourth-order valence-corrected chi connectivity index (χ4v) is 1.62. The molecule has 0 saturated carbocycles. The molecule has 0 spiro atoms. The van der Waals surface area contributed by atoms with Gasteiger partial charge in [-0.25, -0.2) is 4.79 Å². The van der Waals surface area contributed by atoms with E-state index in [2.05, 4.69) is 20.7 Å².